The highest BCUT2D eigenvalue weighted by Gasteiger charge is 2.53. The predicted molar refractivity (Wildman–Crippen MR) is 127 cm³/mol. The number of unbranched alkanes of at least 4 members (excludes halogenated alkanes) is 13. The maximum atomic E-state index is 11.9. The number of ether oxygens (including phenoxy) is 1. The highest BCUT2D eigenvalue weighted by molar-refractivity contribution is 7.69. The minimum absolute atomic E-state index is 0.141. The van der Waals surface area contributed by atoms with Crippen molar-refractivity contribution < 1.29 is 33.6 Å². The molecule has 0 spiro atoms. The van der Waals surface area contributed by atoms with Crippen molar-refractivity contribution >= 4 is 16.0 Å². The molecular weight excluding hydrogens is 440 g/mol. The monoisotopic (exact) mass is 487 g/mol. The lowest BCUT2D eigenvalue weighted by atomic mass is 10.0. The molecule has 0 aromatic carbocycles. The third kappa shape index (κ3) is 15.0. The van der Waals surface area contributed by atoms with E-state index < -0.39 is 27.6 Å². The van der Waals surface area contributed by atoms with E-state index in [9.17, 15) is 14.6 Å². The van der Waals surface area contributed by atoms with Crippen LogP contribution in [0, 0.1) is 0 Å². The van der Waals surface area contributed by atoms with Crippen LogP contribution in [0.2, 0.25) is 0 Å². The summed E-state index contributed by atoms with van der Waals surface area (Å²) >= 11 is 0. The first kappa shape index (κ1) is 31.4. The molecule has 0 bridgehead atoms. The van der Waals surface area contributed by atoms with Crippen LogP contribution in [0.25, 0.3) is 0 Å². The third-order valence-electron chi connectivity index (χ3n) is 5.39. The molecule has 31 heavy (non-hydrogen) atoms. The highest BCUT2D eigenvalue weighted by Crippen LogP contribution is 2.65. The van der Waals surface area contributed by atoms with Gasteiger partial charge >= 0.3 is 7.60 Å². The SMILES string of the molecule is CCCCCCCCCCCCCCCCOCCCOP(=O)(O)C(O)(CN)P(O)O. The Balaban J connectivity index is 3.41. The number of hydrogen-bond donors (Lipinski definition) is 5. The van der Waals surface area contributed by atoms with E-state index in [0.29, 0.717) is 19.6 Å². The van der Waals surface area contributed by atoms with Crippen molar-refractivity contribution in [3.05, 3.63) is 0 Å². The summed E-state index contributed by atoms with van der Waals surface area (Å²) in [6.07, 6.45) is 18.7. The van der Waals surface area contributed by atoms with Gasteiger partial charge in [-0.05, 0) is 12.8 Å². The Morgan fingerprint density at radius 3 is 1.61 bits per heavy atom. The molecule has 0 aliphatic heterocycles. The Kier molecular flexibility index (Phi) is 20.1. The minimum atomic E-state index is -4.66. The fourth-order valence-electron chi connectivity index (χ4n) is 3.26. The zero-order valence-corrected chi connectivity index (χ0v) is 21.2. The summed E-state index contributed by atoms with van der Waals surface area (Å²) in [6, 6.07) is 0. The van der Waals surface area contributed by atoms with Gasteiger partial charge in [0.15, 0.2) is 0 Å². The number of hydrogen-bond acceptors (Lipinski definition) is 7. The van der Waals surface area contributed by atoms with Gasteiger partial charge in [0.2, 0.25) is 13.5 Å². The second kappa shape index (κ2) is 19.8. The van der Waals surface area contributed by atoms with Gasteiger partial charge in [-0.3, -0.25) is 4.57 Å². The van der Waals surface area contributed by atoms with Gasteiger partial charge in [0.1, 0.15) is 0 Å². The fourth-order valence-corrected chi connectivity index (χ4v) is 5.32. The van der Waals surface area contributed by atoms with Gasteiger partial charge in [0.25, 0.3) is 0 Å². The van der Waals surface area contributed by atoms with Crippen LogP contribution in [-0.4, -0.2) is 51.2 Å². The van der Waals surface area contributed by atoms with E-state index in [4.69, 9.17) is 24.8 Å². The Bertz CT molecular complexity index is 457. The van der Waals surface area contributed by atoms with Gasteiger partial charge in [0, 0.05) is 19.8 Å². The summed E-state index contributed by atoms with van der Waals surface area (Å²) < 4.78 is 22.2. The van der Waals surface area contributed by atoms with Crippen LogP contribution in [-0.2, 0) is 13.8 Å². The van der Waals surface area contributed by atoms with E-state index in [1.165, 1.54) is 77.0 Å². The van der Waals surface area contributed by atoms with Gasteiger partial charge in [0.05, 0.1) is 6.61 Å². The van der Waals surface area contributed by atoms with Crippen LogP contribution in [0.1, 0.15) is 103 Å². The Morgan fingerprint density at radius 1 is 0.774 bits per heavy atom. The second-order valence-electron chi connectivity index (χ2n) is 8.18. The van der Waals surface area contributed by atoms with Crippen molar-refractivity contribution in [3.8, 4) is 0 Å². The molecule has 0 fully saturated rings. The summed E-state index contributed by atoms with van der Waals surface area (Å²) in [4.78, 5) is 27.9. The van der Waals surface area contributed by atoms with E-state index in [2.05, 4.69) is 6.92 Å². The lowest BCUT2D eigenvalue weighted by Crippen LogP contribution is -2.36. The average Bonchev–Trinajstić information content (AvgIpc) is 2.74. The molecule has 0 rings (SSSR count). The molecule has 0 aromatic heterocycles. The van der Waals surface area contributed by atoms with E-state index >= 15 is 0 Å². The Morgan fingerprint density at radius 2 is 1.19 bits per heavy atom. The van der Waals surface area contributed by atoms with Crippen LogP contribution in [0.4, 0.5) is 0 Å². The maximum Gasteiger partial charge on any atom is 0.369 e. The van der Waals surface area contributed by atoms with Crippen molar-refractivity contribution in [2.75, 3.05) is 26.4 Å². The molecule has 2 atom stereocenters. The first-order valence-corrected chi connectivity index (χ1v) is 14.8. The number of rotatable bonds is 23. The van der Waals surface area contributed by atoms with E-state index in [-0.39, 0.29) is 6.61 Å². The molecular formula is C21H47NO7P2. The summed E-state index contributed by atoms with van der Waals surface area (Å²) in [5, 5.41) is 7.09. The second-order valence-corrected chi connectivity index (χ2v) is 11.9. The van der Waals surface area contributed by atoms with Gasteiger partial charge in [-0.25, -0.2) is 0 Å². The first-order chi connectivity index (χ1) is 14.8. The molecule has 0 heterocycles. The molecule has 8 nitrogen and oxygen atoms in total. The van der Waals surface area contributed by atoms with Crippen molar-refractivity contribution in [2.45, 2.75) is 108 Å². The van der Waals surface area contributed by atoms with E-state index in [1.54, 1.807) is 0 Å². The normalized spacial score (nSPS) is 15.8. The maximum absolute atomic E-state index is 11.9. The van der Waals surface area contributed by atoms with Gasteiger partial charge in [-0.2, -0.15) is 0 Å². The van der Waals surface area contributed by atoms with Crippen LogP contribution >= 0.6 is 16.0 Å². The van der Waals surface area contributed by atoms with Crippen molar-refractivity contribution in [1.82, 2.24) is 0 Å². The Labute approximate surface area is 190 Å². The molecule has 188 valence electrons. The molecule has 0 aliphatic rings. The summed E-state index contributed by atoms with van der Waals surface area (Å²) in [7, 11) is -7.78. The lowest BCUT2D eigenvalue weighted by molar-refractivity contribution is 0.102. The van der Waals surface area contributed by atoms with Crippen LogP contribution in [0.15, 0.2) is 0 Å². The first-order valence-electron chi connectivity index (χ1n) is 12.0. The van der Waals surface area contributed by atoms with Gasteiger partial charge in [-0.15, -0.1) is 0 Å². The summed E-state index contributed by atoms with van der Waals surface area (Å²) in [6.45, 7) is 2.34. The largest absolute Gasteiger partial charge is 0.381 e. The molecule has 0 aliphatic carbocycles. The molecule has 6 N–H and O–H groups in total. The minimum Gasteiger partial charge on any atom is -0.381 e. The van der Waals surface area contributed by atoms with Crippen LogP contribution in [0.3, 0.4) is 0 Å². The molecule has 0 saturated carbocycles. The average molecular weight is 488 g/mol. The van der Waals surface area contributed by atoms with E-state index in [1.807, 2.05) is 0 Å². The van der Waals surface area contributed by atoms with E-state index in [0.717, 1.165) is 12.8 Å². The standard InChI is InChI=1S/C21H47NO7P2/c1-2-3-4-5-6-7-8-9-10-11-12-13-14-15-17-28-18-16-19-29-31(26,27)21(23,20-22)30(24)25/h23-25H,2-20,22H2,1H3,(H,26,27). The molecule has 0 saturated heterocycles. The molecule has 2 unspecified atom stereocenters. The van der Waals surface area contributed by atoms with Crippen LogP contribution in [0.5, 0.6) is 0 Å². The van der Waals surface area contributed by atoms with Crippen LogP contribution < -0.4 is 5.73 Å². The summed E-state index contributed by atoms with van der Waals surface area (Å²) in [5.74, 6) is 0. The zero-order valence-electron chi connectivity index (χ0n) is 19.4. The molecule has 0 amide bonds. The Hall–Kier alpha value is 0.380. The smallest absolute Gasteiger partial charge is 0.369 e. The zero-order chi connectivity index (χ0) is 23.4. The number of aliphatic hydroxyl groups is 1. The molecule has 0 aromatic rings. The fraction of sp³-hybridized carbons (Fsp3) is 1.00. The molecule has 10 heteroatoms. The number of nitrogens with two attached hydrogens (primary N) is 1. The van der Waals surface area contributed by atoms with Gasteiger partial charge < -0.3 is 34.8 Å². The van der Waals surface area contributed by atoms with Crippen molar-refractivity contribution in [1.29, 1.82) is 0 Å². The third-order valence-corrected chi connectivity index (χ3v) is 9.13. The highest BCUT2D eigenvalue weighted by atomic mass is 31.2. The topological polar surface area (TPSA) is 142 Å². The lowest BCUT2D eigenvalue weighted by Gasteiger charge is -2.30. The quantitative estimate of drug-likeness (QED) is 0.100. The van der Waals surface area contributed by atoms with Gasteiger partial charge in [-0.1, -0.05) is 90.4 Å². The summed E-state index contributed by atoms with van der Waals surface area (Å²) in [5.41, 5.74) is 5.18. The molecule has 0 radical (unpaired) electrons. The van der Waals surface area contributed by atoms with Crippen molar-refractivity contribution in [3.63, 3.8) is 0 Å². The van der Waals surface area contributed by atoms with Crippen molar-refractivity contribution in [2.24, 2.45) is 5.73 Å². The predicted octanol–water partition coefficient (Wildman–Crippen LogP) is 4.98.